The summed E-state index contributed by atoms with van der Waals surface area (Å²) in [5, 5.41) is 5.22. The van der Waals surface area contributed by atoms with Crippen LogP contribution in [-0.4, -0.2) is 4.57 Å². The summed E-state index contributed by atoms with van der Waals surface area (Å²) in [6.07, 6.45) is 0.911. The Bertz CT molecular complexity index is 1830. The Morgan fingerprint density at radius 2 is 1.08 bits per heavy atom. The molecule has 170 valence electrons. The van der Waals surface area contributed by atoms with E-state index in [1.165, 1.54) is 60.5 Å². The first-order chi connectivity index (χ1) is 17.8. The van der Waals surface area contributed by atoms with Crippen molar-refractivity contribution >= 4 is 32.6 Å². The van der Waals surface area contributed by atoms with E-state index in [2.05, 4.69) is 144 Å². The van der Waals surface area contributed by atoms with Gasteiger partial charge in [0.1, 0.15) is 0 Å². The van der Waals surface area contributed by atoms with E-state index in [4.69, 9.17) is 0 Å². The third-order valence-electron chi connectivity index (χ3n) is 7.20. The van der Waals surface area contributed by atoms with Crippen LogP contribution in [0.15, 0.2) is 140 Å². The first-order valence-corrected chi connectivity index (χ1v) is 12.5. The van der Waals surface area contributed by atoms with Crippen molar-refractivity contribution < 1.29 is 0 Å². The van der Waals surface area contributed by atoms with E-state index in [1.54, 1.807) is 0 Å². The molecule has 1 nitrogen and oxygen atoms in total. The molecule has 6 aromatic carbocycles. The van der Waals surface area contributed by atoms with Gasteiger partial charge in [0.15, 0.2) is 0 Å². The molecular weight excluding hydrogens is 434 g/mol. The van der Waals surface area contributed by atoms with Crippen LogP contribution in [0.4, 0.5) is 0 Å². The zero-order valence-electron chi connectivity index (χ0n) is 19.9. The number of fused-ring (bicyclic) bond motifs is 5. The zero-order chi connectivity index (χ0) is 23.9. The molecule has 0 bridgehead atoms. The third-order valence-corrected chi connectivity index (χ3v) is 7.20. The molecule has 0 aliphatic rings. The largest absolute Gasteiger partial charge is 0.309 e. The fourth-order valence-electron chi connectivity index (χ4n) is 5.48. The number of para-hydroxylation sites is 1. The second-order valence-electron chi connectivity index (χ2n) is 9.44. The van der Waals surface area contributed by atoms with Gasteiger partial charge in [-0.2, -0.15) is 0 Å². The molecule has 0 amide bonds. The van der Waals surface area contributed by atoms with Gasteiger partial charge in [-0.25, -0.2) is 0 Å². The molecular formula is C35H25N. The van der Waals surface area contributed by atoms with Crippen LogP contribution in [-0.2, 0) is 6.42 Å². The highest BCUT2D eigenvalue weighted by molar-refractivity contribution is 6.21. The maximum absolute atomic E-state index is 2.40. The minimum atomic E-state index is 0.911. The number of benzene rings is 6. The lowest BCUT2D eigenvalue weighted by molar-refractivity contribution is 1.17. The molecule has 0 aliphatic carbocycles. The van der Waals surface area contributed by atoms with Gasteiger partial charge in [0, 0.05) is 16.5 Å². The standard InChI is InChI=1S/C35H25N/c1-3-9-27(10-4-1)28-18-15-25(16-19-28)23-26-17-21-33-32(24-26)35-31-14-8-7-11-29(31)20-22-34(35)36(33)30-12-5-2-6-13-30/h1-22,24H,23H2. The molecule has 0 saturated heterocycles. The Kier molecular flexibility index (Phi) is 4.92. The number of hydrogen-bond donors (Lipinski definition) is 0. The van der Waals surface area contributed by atoms with Crippen LogP contribution in [0, 0.1) is 0 Å². The summed E-state index contributed by atoms with van der Waals surface area (Å²) >= 11 is 0. The molecule has 36 heavy (non-hydrogen) atoms. The Hall–Kier alpha value is -4.62. The van der Waals surface area contributed by atoms with Crippen LogP contribution < -0.4 is 0 Å². The Morgan fingerprint density at radius 3 is 1.89 bits per heavy atom. The Morgan fingerprint density at radius 1 is 0.444 bits per heavy atom. The van der Waals surface area contributed by atoms with Crippen LogP contribution in [0.25, 0.3) is 49.4 Å². The predicted octanol–water partition coefficient (Wildman–Crippen LogP) is 9.19. The first kappa shape index (κ1) is 20.7. The lowest BCUT2D eigenvalue weighted by atomic mass is 9.98. The zero-order valence-corrected chi connectivity index (χ0v) is 19.9. The number of aromatic nitrogens is 1. The molecule has 0 spiro atoms. The van der Waals surface area contributed by atoms with Gasteiger partial charge in [0.25, 0.3) is 0 Å². The van der Waals surface area contributed by atoms with Crippen LogP contribution in [0.2, 0.25) is 0 Å². The van der Waals surface area contributed by atoms with Crippen molar-refractivity contribution in [3.8, 4) is 16.8 Å². The fourth-order valence-corrected chi connectivity index (χ4v) is 5.48. The van der Waals surface area contributed by atoms with Crippen molar-refractivity contribution in [1.82, 2.24) is 4.57 Å². The first-order valence-electron chi connectivity index (χ1n) is 12.5. The van der Waals surface area contributed by atoms with Crippen molar-refractivity contribution in [1.29, 1.82) is 0 Å². The van der Waals surface area contributed by atoms with Crippen molar-refractivity contribution in [2.24, 2.45) is 0 Å². The summed E-state index contributed by atoms with van der Waals surface area (Å²) in [5.74, 6) is 0. The van der Waals surface area contributed by atoms with Crippen molar-refractivity contribution in [2.45, 2.75) is 6.42 Å². The van der Waals surface area contributed by atoms with E-state index >= 15 is 0 Å². The highest BCUT2D eigenvalue weighted by atomic mass is 15.0. The van der Waals surface area contributed by atoms with E-state index in [0.29, 0.717) is 0 Å². The molecule has 1 aromatic heterocycles. The molecule has 7 rings (SSSR count). The lowest BCUT2D eigenvalue weighted by Crippen LogP contribution is -1.93. The number of hydrogen-bond acceptors (Lipinski definition) is 0. The molecule has 1 heterocycles. The average Bonchev–Trinajstić information content (AvgIpc) is 3.28. The van der Waals surface area contributed by atoms with Gasteiger partial charge in [-0.1, -0.05) is 109 Å². The average molecular weight is 460 g/mol. The summed E-state index contributed by atoms with van der Waals surface area (Å²) in [6.45, 7) is 0. The van der Waals surface area contributed by atoms with Crippen LogP contribution in [0.3, 0.4) is 0 Å². The summed E-state index contributed by atoms with van der Waals surface area (Å²) < 4.78 is 2.40. The molecule has 1 heteroatoms. The van der Waals surface area contributed by atoms with Crippen molar-refractivity contribution in [3.05, 3.63) is 151 Å². The summed E-state index contributed by atoms with van der Waals surface area (Å²) in [7, 11) is 0. The predicted molar refractivity (Wildman–Crippen MR) is 153 cm³/mol. The highest BCUT2D eigenvalue weighted by Gasteiger charge is 2.15. The van der Waals surface area contributed by atoms with E-state index in [0.717, 1.165) is 6.42 Å². The van der Waals surface area contributed by atoms with Crippen molar-refractivity contribution in [2.75, 3.05) is 0 Å². The molecule has 7 aromatic rings. The van der Waals surface area contributed by atoms with Crippen molar-refractivity contribution in [3.63, 3.8) is 0 Å². The normalized spacial score (nSPS) is 11.4. The van der Waals surface area contributed by atoms with Gasteiger partial charge < -0.3 is 4.57 Å². The minimum absolute atomic E-state index is 0.911. The molecule has 0 atom stereocenters. The van der Waals surface area contributed by atoms with E-state index in [9.17, 15) is 0 Å². The maximum Gasteiger partial charge on any atom is 0.0547 e. The Labute approximate surface area is 210 Å². The smallest absolute Gasteiger partial charge is 0.0547 e. The second kappa shape index (κ2) is 8.55. The minimum Gasteiger partial charge on any atom is -0.309 e. The SMILES string of the molecule is c1ccc(-c2ccc(Cc3ccc4c(c3)c3c5ccccc5ccc3n4-c3ccccc3)cc2)cc1. The molecule has 0 saturated carbocycles. The van der Waals surface area contributed by atoms with E-state index in [1.807, 2.05) is 0 Å². The molecule has 0 radical (unpaired) electrons. The molecule has 0 N–H and O–H groups in total. The second-order valence-corrected chi connectivity index (χ2v) is 9.44. The quantitative estimate of drug-likeness (QED) is 0.247. The fraction of sp³-hybridized carbons (Fsp3) is 0.0286. The lowest BCUT2D eigenvalue weighted by Gasteiger charge is -2.08. The van der Waals surface area contributed by atoms with Gasteiger partial charge in [-0.15, -0.1) is 0 Å². The maximum atomic E-state index is 2.40. The van der Waals surface area contributed by atoms with Crippen LogP contribution in [0.1, 0.15) is 11.1 Å². The van der Waals surface area contributed by atoms with Gasteiger partial charge >= 0.3 is 0 Å². The van der Waals surface area contributed by atoms with Gasteiger partial charge in [-0.05, 0) is 69.8 Å². The summed E-state index contributed by atoms with van der Waals surface area (Å²) in [6, 6.07) is 50.5. The topological polar surface area (TPSA) is 4.93 Å². The number of nitrogens with zero attached hydrogens (tertiary/aromatic N) is 1. The monoisotopic (exact) mass is 459 g/mol. The summed E-state index contributed by atoms with van der Waals surface area (Å²) in [5.41, 5.74) is 8.85. The van der Waals surface area contributed by atoms with E-state index in [-0.39, 0.29) is 0 Å². The number of rotatable bonds is 4. The third kappa shape index (κ3) is 3.49. The highest BCUT2D eigenvalue weighted by Crippen LogP contribution is 2.37. The summed E-state index contributed by atoms with van der Waals surface area (Å²) in [4.78, 5) is 0. The van der Waals surface area contributed by atoms with Crippen LogP contribution >= 0.6 is 0 Å². The van der Waals surface area contributed by atoms with Gasteiger partial charge in [0.2, 0.25) is 0 Å². The van der Waals surface area contributed by atoms with E-state index < -0.39 is 0 Å². The van der Waals surface area contributed by atoms with Crippen LogP contribution in [0.5, 0.6) is 0 Å². The Balaban J connectivity index is 1.37. The molecule has 0 fully saturated rings. The van der Waals surface area contributed by atoms with Gasteiger partial charge in [0.05, 0.1) is 11.0 Å². The van der Waals surface area contributed by atoms with Gasteiger partial charge in [-0.3, -0.25) is 0 Å². The molecule has 0 unspecified atom stereocenters. The molecule has 0 aliphatic heterocycles.